The first-order chi connectivity index (χ1) is 7.55. The van der Waals surface area contributed by atoms with Gasteiger partial charge in [-0.05, 0) is 45.5 Å². The van der Waals surface area contributed by atoms with Crippen LogP contribution in [-0.4, -0.2) is 40.2 Å². The van der Waals surface area contributed by atoms with Gasteiger partial charge in [0.2, 0.25) is 0 Å². The number of carbonyl (C=O) groups is 1. The molecule has 0 amide bonds. The highest BCUT2D eigenvalue weighted by molar-refractivity contribution is 5.85. The molecule has 1 aromatic heterocycles. The van der Waals surface area contributed by atoms with Crippen LogP contribution in [-0.2, 0) is 6.54 Å². The van der Waals surface area contributed by atoms with Crippen molar-refractivity contribution < 1.29 is 9.90 Å². The van der Waals surface area contributed by atoms with E-state index >= 15 is 0 Å². The average molecular weight is 222 g/mol. The highest BCUT2D eigenvalue weighted by atomic mass is 16.4. The summed E-state index contributed by atoms with van der Waals surface area (Å²) in [6.45, 7) is 0.772. The van der Waals surface area contributed by atoms with E-state index in [1.807, 2.05) is 10.8 Å². The number of likely N-dealkylation sites (N-methyl/N-ethyl adjacent to an activating group) is 1. The Balaban J connectivity index is 2.20. The highest BCUT2D eigenvalue weighted by Crippen LogP contribution is 2.37. The first kappa shape index (κ1) is 11.2. The molecule has 0 atom stereocenters. The molecule has 0 aliphatic heterocycles. The lowest BCUT2D eigenvalue weighted by molar-refractivity contribution is 0.0402. The van der Waals surface area contributed by atoms with Gasteiger partial charge in [-0.1, -0.05) is 0 Å². The number of carboxylic acid groups (broad SMARTS) is 1. The molecule has 1 heterocycles. The van der Waals surface area contributed by atoms with E-state index in [1.54, 1.807) is 12.1 Å². The summed E-state index contributed by atoms with van der Waals surface area (Å²) in [4.78, 5) is 13.2. The van der Waals surface area contributed by atoms with Gasteiger partial charge < -0.3 is 14.6 Å². The molecule has 16 heavy (non-hydrogen) atoms. The zero-order valence-electron chi connectivity index (χ0n) is 9.81. The fraction of sp³-hybridized carbons (Fsp3) is 0.583. The number of rotatable bonds is 4. The molecule has 1 aromatic rings. The molecule has 1 aliphatic rings. The molecule has 0 radical (unpaired) electrons. The van der Waals surface area contributed by atoms with Crippen LogP contribution in [0.1, 0.15) is 29.8 Å². The minimum Gasteiger partial charge on any atom is -0.477 e. The van der Waals surface area contributed by atoms with Crippen molar-refractivity contribution in [1.29, 1.82) is 0 Å². The molecule has 1 saturated carbocycles. The standard InChI is InChI=1S/C12H18N2O2/c1-13(2)12(6-4-7-12)9-14-8-3-5-10(14)11(15)16/h3,5,8H,4,6-7,9H2,1-2H3,(H,15,16). The van der Waals surface area contributed by atoms with E-state index in [9.17, 15) is 4.79 Å². The smallest absolute Gasteiger partial charge is 0.352 e. The normalized spacial score (nSPS) is 18.4. The zero-order chi connectivity index (χ0) is 11.8. The van der Waals surface area contributed by atoms with E-state index in [1.165, 1.54) is 6.42 Å². The van der Waals surface area contributed by atoms with E-state index in [-0.39, 0.29) is 5.54 Å². The average Bonchev–Trinajstić information content (AvgIpc) is 2.58. The van der Waals surface area contributed by atoms with E-state index in [2.05, 4.69) is 19.0 Å². The van der Waals surface area contributed by atoms with Crippen LogP contribution in [0.15, 0.2) is 18.3 Å². The monoisotopic (exact) mass is 222 g/mol. The first-order valence-corrected chi connectivity index (χ1v) is 5.61. The van der Waals surface area contributed by atoms with Gasteiger partial charge in [0.25, 0.3) is 0 Å². The summed E-state index contributed by atoms with van der Waals surface area (Å²) in [5, 5.41) is 9.05. The van der Waals surface area contributed by atoms with Crippen LogP contribution in [0, 0.1) is 0 Å². The van der Waals surface area contributed by atoms with E-state index < -0.39 is 5.97 Å². The first-order valence-electron chi connectivity index (χ1n) is 5.61. The van der Waals surface area contributed by atoms with Gasteiger partial charge in [0, 0.05) is 18.3 Å². The van der Waals surface area contributed by atoms with Gasteiger partial charge in [-0.2, -0.15) is 0 Å². The predicted molar refractivity (Wildman–Crippen MR) is 61.7 cm³/mol. The molecule has 0 spiro atoms. The third-order valence-corrected chi connectivity index (χ3v) is 3.75. The quantitative estimate of drug-likeness (QED) is 0.843. The molecule has 2 rings (SSSR count). The van der Waals surface area contributed by atoms with E-state index in [0.29, 0.717) is 5.69 Å². The third-order valence-electron chi connectivity index (χ3n) is 3.75. The maximum absolute atomic E-state index is 11.0. The van der Waals surface area contributed by atoms with Crippen LogP contribution < -0.4 is 0 Å². The summed E-state index contributed by atoms with van der Waals surface area (Å²) in [6.07, 6.45) is 5.39. The molecule has 88 valence electrons. The summed E-state index contributed by atoms with van der Waals surface area (Å²) in [6, 6.07) is 3.45. The molecular weight excluding hydrogens is 204 g/mol. The third kappa shape index (κ3) is 1.73. The van der Waals surface area contributed by atoms with Gasteiger partial charge in [-0.15, -0.1) is 0 Å². The molecule has 1 fully saturated rings. The van der Waals surface area contributed by atoms with Crippen molar-refractivity contribution in [2.45, 2.75) is 31.3 Å². The highest BCUT2D eigenvalue weighted by Gasteiger charge is 2.39. The Morgan fingerprint density at radius 1 is 1.56 bits per heavy atom. The maximum Gasteiger partial charge on any atom is 0.352 e. The van der Waals surface area contributed by atoms with E-state index in [0.717, 1.165) is 19.4 Å². The summed E-state index contributed by atoms with van der Waals surface area (Å²) < 4.78 is 1.85. The van der Waals surface area contributed by atoms with Crippen LogP contribution in [0.2, 0.25) is 0 Å². The number of hydrogen-bond acceptors (Lipinski definition) is 2. The Kier molecular flexibility index (Phi) is 2.76. The van der Waals surface area contributed by atoms with Crippen molar-refractivity contribution >= 4 is 5.97 Å². The SMILES string of the molecule is CN(C)C1(Cn2cccc2C(=O)O)CCC1. The zero-order valence-corrected chi connectivity index (χ0v) is 9.81. The largest absolute Gasteiger partial charge is 0.477 e. The van der Waals surface area contributed by atoms with Crippen molar-refractivity contribution in [3.8, 4) is 0 Å². The topological polar surface area (TPSA) is 45.5 Å². The van der Waals surface area contributed by atoms with Crippen molar-refractivity contribution in [2.75, 3.05) is 14.1 Å². The number of hydrogen-bond donors (Lipinski definition) is 1. The van der Waals surface area contributed by atoms with Crippen LogP contribution in [0.4, 0.5) is 0 Å². The minimum atomic E-state index is -0.849. The number of carboxylic acids is 1. The lowest BCUT2D eigenvalue weighted by Crippen LogP contribution is -2.53. The minimum absolute atomic E-state index is 0.156. The van der Waals surface area contributed by atoms with Gasteiger partial charge in [0.1, 0.15) is 5.69 Å². The summed E-state index contributed by atoms with van der Waals surface area (Å²) >= 11 is 0. The van der Waals surface area contributed by atoms with Crippen LogP contribution >= 0.6 is 0 Å². The van der Waals surface area contributed by atoms with Crippen molar-refractivity contribution in [2.24, 2.45) is 0 Å². The van der Waals surface area contributed by atoms with Crippen molar-refractivity contribution in [3.05, 3.63) is 24.0 Å². The van der Waals surface area contributed by atoms with Gasteiger partial charge in [-0.25, -0.2) is 4.79 Å². The number of aromatic carboxylic acids is 1. The predicted octanol–water partition coefficient (Wildman–Crippen LogP) is 1.67. The second kappa shape index (κ2) is 3.94. The summed E-state index contributed by atoms with van der Waals surface area (Å²) in [5.41, 5.74) is 0.538. The summed E-state index contributed by atoms with van der Waals surface area (Å²) in [7, 11) is 4.15. The van der Waals surface area contributed by atoms with Gasteiger partial charge >= 0.3 is 5.97 Å². The molecular formula is C12H18N2O2. The van der Waals surface area contributed by atoms with Crippen molar-refractivity contribution in [3.63, 3.8) is 0 Å². The van der Waals surface area contributed by atoms with Crippen LogP contribution in [0.5, 0.6) is 0 Å². The molecule has 0 bridgehead atoms. The van der Waals surface area contributed by atoms with Gasteiger partial charge in [0.15, 0.2) is 0 Å². The van der Waals surface area contributed by atoms with Crippen molar-refractivity contribution in [1.82, 2.24) is 9.47 Å². The molecule has 0 unspecified atom stereocenters. The molecule has 4 nitrogen and oxygen atoms in total. The van der Waals surface area contributed by atoms with Gasteiger partial charge in [-0.3, -0.25) is 0 Å². The second-order valence-electron chi connectivity index (χ2n) is 4.80. The summed E-state index contributed by atoms with van der Waals surface area (Å²) in [5.74, 6) is -0.849. The Morgan fingerprint density at radius 2 is 2.25 bits per heavy atom. The maximum atomic E-state index is 11.0. The lowest BCUT2D eigenvalue weighted by Gasteiger charge is -2.47. The fourth-order valence-electron chi connectivity index (χ4n) is 2.39. The molecule has 0 aromatic carbocycles. The lowest BCUT2D eigenvalue weighted by atomic mass is 9.75. The van der Waals surface area contributed by atoms with E-state index in [4.69, 9.17) is 5.11 Å². The Bertz CT molecular complexity index is 391. The Labute approximate surface area is 95.5 Å². The number of nitrogens with zero attached hydrogens (tertiary/aromatic N) is 2. The van der Waals surface area contributed by atoms with Gasteiger partial charge in [0.05, 0.1) is 0 Å². The Hall–Kier alpha value is -1.29. The fourth-order valence-corrected chi connectivity index (χ4v) is 2.39. The molecule has 0 saturated heterocycles. The number of aromatic nitrogens is 1. The van der Waals surface area contributed by atoms with Crippen LogP contribution in [0.25, 0.3) is 0 Å². The molecule has 1 N–H and O–H groups in total. The van der Waals surface area contributed by atoms with Crippen LogP contribution in [0.3, 0.4) is 0 Å². The molecule has 4 heteroatoms. The Morgan fingerprint density at radius 3 is 2.69 bits per heavy atom. The second-order valence-corrected chi connectivity index (χ2v) is 4.80. The molecule has 1 aliphatic carbocycles.